The number of likely N-dealkylation sites (N-methyl/N-ethyl adjacent to an activating group) is 2. The summed E-state index contributed by atoms with van der Waals surface area (Å²) < 4.78 is 0. The molecule has 2 aromatic carbocycles. The van der Waals surface area contributed by atoms with Crippen LogP contribution in [0, 0.1) is 0 Å². The van der Waals surface area contributed by atoms with Crippen molar-refractivity contribution in [1.82, 2.24) is 44.9 Å². The standard InChI is InChI=1S/C37H40N10.H2/c1-45(2)21-22-46(3)37-39-24-30-23-31(27-9-5-4-6-10-27)33(40-34(30)42-37)28-14-12-26(13-15-28)25-47-19-16-29(17-20-47)35-41-36(44-43-35)32-11-7-8-18-38-32;/h4-15,18,23-24,29H,16-17,19-22,25H2,1-3H3,(H,41,43,44);1H. The number of nitrogens with one attached hydrogen (secondary N) is 1. The van der Waals surface area contributed by atoms with Crippen molar-refractivity contribution in [3.05, 3.63) is 103 Å². The van der Waals surface area contributed by atoms with Gasteiger partial charge in [-0.05, 0) is 69.4 Å². The Kier molecular flexibility index (Phi) is 8.94. The minimum atomic E-state index is 0. The number of hydrogen-bond donors (Lipinski definition) is 1. The van der Waals surface area contributed by atoms with Crippen LogP contribution in [-0.4, -0.2) is 92.2 Å². The summed E-state index contributed by atoms with van der Waals surface area (Å²) in [6.45, 7) is 4.69. The smallest absolute Gasteiger partial charge is 0.227 e. The summed E-state index contributed by atoms with van der Waals surface area (Å²) in [4.78, 5) is 30.6. The number of H-pyrrole nitrogens is 1. The summed E-state index contributed by atoms with van der Waals surface area (Å²) in [7, 11) is 6.17. The molecular weight excluding hydrogens is 584 g/mol. The summed E-state index contributed by atoms with van der Waals surface area (Å²) in [5.74, 6) is 2.69. The fourth-order valence-electron chi connectivity index (χ4n) is 6.10. The summed E-state index contributed by atoms with van der Waals surface area (Å²) in [5, 5.41) is 8.52. The Hall–Kier alpha value is -5.06. The molecule has 10 heteroatoms. The lowest BCUT2D eigenvalue weighted by Gasteiger charge is -2.31. The van der Waals surface area contributed by atoms with E-state index < -0.39 is 0 Å². The van der Waals surface area contributed by atoms with Gasteiger partial charge in [0.25, 0.3) is 0 Å². The lowest BCUT2D eigenvalue weighted by molar-refractivity contribution is 0.202. The Bertz CT molecular complexity index is 1920. The molecule has 4 aromatic heterocycles. The molecule has 0 radical (unpaired) electrons. The molecule has 0 unspecified atom stereocenters. The molecule has 1 aliphatic heterocycles. The second-order valence-corrected chi connectivity index (χ2v) is 12.6. The van der Waals surface area contributed by atoms with Crippen LogP contribution in [0.4, 0.5) is 5.95 Å². The van der Waals surface area contributed by atoms with E-state index in [4.69, 9.17) is 15.0 Å². The predicted molar refractivity (Wildman–Crippen MR) is 189 cm³/mol. The molecule has 240 valence electrons. The quantitative estimate of drug-likeness (QED) is 0.191. The van der Waals surface area contributed by atoms with E-state index in [2.05, 4.69) is 104 Å². The van der Waals surface area contributed by atoms with E-state index in [0.717, 1.165) is 84.9 Å². The molecule has 0 amide bonds. The fourth-order valence-corrected chi connectivity index (χ4v) is 6.10. The molecule has 10 nitrogen and oxygen atoms in total. The number of likely N-dealkylation sites (tertiary alicyclic amines) is 1. The topological polar surface area (TPSA) is 103 Å². The average Bonchev–Trinajstić information content (AvgIpc) is 3.62. The molecule has 0 saturated carbocycles. The number of nitrogens with zero attached hydrogens (tertiary/aromatic N) is 9. The number of benzene rings is 2. The number of piperidine rings is 1. The second kappa shape index (κ2) is 13.7. The van der Waals surface area contributed by atoms with E-state index in [1.165, 1.54) is 5.56 Å². The van der Waals surface area contributed by atoms with E-state index in [1.54, 1.807) is 6.20 Å². The number of rotatable bonds is 10. The number of aromatic amines is 1. The van der Waals surface area contributed by atoms with Gasteiger partial charge in [0.1, 0.15) is 11.5 Å². The summed E-state index contributed by atoms with van der Waals surface area (Å²) >= 11 is 0. The zero-order valence-electron chi connectivity index (χ0n) is 27.2. The predicted octanol–water partition coefficient (Wildman–Crippen LogP) is 6.16. The largest absolute Gasteiger partial charge is 0.343 e. The molecule has 7 rings (SSSR count). The third kappa shape index (κ3) is 7.03. The lowest BCUT2D eigenvalue weighted by atomic mass is 9.95. The average molecular weight is 627 g/mol. The third-order valence-corrected chi connectivity index (χ3v) is 8.87. The Morgan fingerprint density at radius 2 is 1.62 bits per heavy atom. The molecule has 0 aliphatic carbocycles. The van der Waals surface area contributed by atoms with Crippen molar-refractivity contribution in [2.75, 3.05) is 52.2 Å². The summed E-state index contributed by atoms with van der Waals surface area (Å²) in [6.07, 6.45) is 5.75. The van der Waals surface area contributed by atoms with Gasteiger partial charge in [-0.1, -0.05) is 60.7 Å². The van der Waals surface area contributed by atoms with Crippen LogP contribution in [0.2, 0.25) is 0 Å². The number of pyridine rings is 2. The van der Waals surface area contributed by atoms with Crippen molar-refractivity contribution in [1.29, 1.82) is 0 Å². The Labute approximate surface area is 277 Å². The van der Waals surface area contributed by atoms with Gasteiger partial charge in [0.2, 0.25) is 5.95 Å². The van der Waals surface area contributed by atoms with Crippen LogP contribution in [0.25, 0.3) is 44.9 Å². The molecule has 47 heavy (non-hydrogen) atoms. The van der Waals surface area contributed by atoms with Crippen molar-refractivity contribution in [3.8, 4) is 33.9 Å². The lowest BCUT2D eigenvalue weighted by Crippen LogP contribution is -2.32. The van der Waals surface area contributed by atoms with E-state index >= 15 is 0 Å². The first kappa shape index (κ1) is 30.6. The van der Waals surface area contributed by atoms with Gasteiger partial charge in [-0.15, -0.1) is 0 Å². The number of hydrogen-bond acceptors (Lipinski definition) is 9. The van der Waals surface area contributed by atoms with Crippen LogP contribution in [0.1, 0.15) is 31.6 Å². The number of anilines is 1. The van der Waals surface area contributed by atoms with Crippen LogP contribution in [-0.2, 0) is 6.54 Å². The zero-order valence-corrected chi connectivity index (χ0v) is 27.2. The molecule has 0 bridgehead atoms. The second-order valence-electron chi connectivity index (χ2n) is 12.6. The van der Waals surface area contributed by atoms with Gasteiger partial charge >= 0.3 is 0 Å². The minimum absolute atomic E-state index is 0. The molecule has 0 atom stereocenters. The van der Waals surface area contributed by atoms with Gasteiger partial charge in [0.05, 0.1) is 5.69 Å². The van der Waals surface area contributed by atoms with Gasteiger partial charge < -0.3 is 9.80 Å². The van der Waals surface area contributed by atoms with Crippen molar-refractivity contribution in [2.24, 2.45) is 0 Å². The Morgan fingerprint density at radius 3 is 2.36 bits per heavy atom. The van der Waals surface area contributed by atoms with Crippen LogP contribution in [0.5, 0.6) is 0 Å². The maximum atomic E-state index is 5.15. The zero-order chi connectivity index (χ0) is 32.2. The maximum absolute atomic E-state index is 5.15. The van der Waals surface area contributed by atoms with Gasteiger partial charge in [0.15, 0.2) is 11.5 Å². The van der Waals surface area contributed by atoms with E-state index in [-0.39, 0.29) is 1.43 Å². The fraction of sp³-hybridized carbons (Fsp3) is 0.297. The van der Waals surface area contributed by atoms with Gasteiger partial charge in [0, 0.05) is 62.9 Å². The molecular formula is C37H42N10. The van der Waals surface area contributed by atoms with Crippen molar-refractivity contribution < 1.29 is 1.43 Å². The van der Waals surface area contributed by atoms with Crippen molar-refractivity contribution in [3.63, 3.8) is 0 Å². The van der Waals surface area contributed by atoms with Crippen LogP contribution < -0.4 is 4.90 Å². The van der Waals surface area contributed by atoms with E-state index in [9.17, 15) is 0 Å². The molecule has 1 saturated heterocycles. The first-order valence-electron chi connectivity index (χ1n) is 16.2. The Morgan fingerprint density at radius 1 is 0.830 bits per heavy atom. The SMILES string of the molecule is CN(C)CCN(C)c1ncc2cc(-c3ccccc3)c(-c3ccc(CN4CCC(c5nc(-c6ccccn6)n[nH]5)CC4)cc3)nc2n1.[HH]. The van der Waals surface area contributed by atoms with Crippen molar-refractivity contribution >= 4 is 17.0 Å². The normalized spacial score (nSPS) is 14.2. The van der Waals surface area contributed by atoms with Gasteiger partial charge in [-0.25, -0.2) is 15.0 Å². The summed E-state index contributed by atoms with van der Waals surface area (Å²) in [5.41, 5.74) is 6.98. The molecule has 5 heterocycles. The highest BCUT2D eigenvalue weighted by Gasteiger charge is 2.24. The molecule has 1 fully saturated rings. The van der Waals surface area contributed by atoms with Crippen LogP contribution >= 0.6 is 0 Å². The molecule has 1 aliphatic rings. The van der Waals surface area contributed by atoms with Crippen LogP contribution in [0.3, 0.4) is 0 Å². The van der Waals surface area contributed by atoms with Gasteiger partial charge in [-0.2, -0.15) is 10.1 Å². The molecule has 6 aromatic rings. The molecule has 0 spiro atoms. The maximum Gasteiger partial charge on any atom is 0.227 e. The van der Waals surface area contributed by atoms with Gasteiger partial charge in [-0.3, -0.25) is 15.0 Å². The minimum Gasteiger partial charge on any atom is -0.343 e. The first-order valence-corrected chi connectivity index (χ1v) is 16.2. The van der Waals surface area contributed by atoms with Crippen LogP contribution in [0.15, 0.2) is 91.3 Å². The first-order chi connectivity index (χ1) is 23.0. The van der Waals surface area contributed by atoms with E-state index in [0.29, 0.717) is 23.3 Å². The highest BCUT2D eigenvalue weighted by atomic mass is 15.3. The van der Waals surface area contributed by atoms with Crippen molar-refractivity contribution in [2.45, 2.75) is 25.3 Å². The molecule has 1 N–H and O–H groups in total. The Balaban J connectivity index is 0.00000401. The highest BCUT2D eigenvalue weighted by molar-refractivity contribution is 5.90. The number of aromatic nitrogens is 7. The summed E-state index contributed by atoms with van der Waals surface area (Å²) in [6, 6.07) is 27.3. The monoisotopic (exact) mass is 626 g/mol. The highest BCUT2D eigenvalue weighted by Crippen LogP contribution is 2.34. The number of fused-ring (bicyclic) bond motifs is 1. The van der Waals surface area contributed by atoms with E-state index in [1.807, 2.05) is 37.5 Å². The third-order valence-electron chi connectivity index (χ3n) is 8.87.